The van der Waals surface area contributed by atoms with Gasteiger partial charge < -0.3 is 10.2 Å². The van der Waals surface area contributed by atoms with Crippen LogP contribution in [-0.2, 0) is 17.8 Å². The van der Waals surface area contributed by atoms with Crippen molar-refractivity contribution in [2.45, 2.75) is 33.7 Å². The summed E-state index contributed by atoms with van der Waals surface area (Å²) in [6.45, 7) is 9.85. The summed E-state index contributed by atoms with van der Waals surface area (Å²) in [5.41, 5.74) is 1.92. The summed E-state index contributed by atoms with van der Waals surface area (Å²) in [6, 6.07) is 9.89. The molecule has 2 heterocycles. The topological polar surface area (TPSA) is 65.5 Å². The van der Waals surface area contributed by atoms with E-state index in [4.69, 9.17) is 0 Å². The second-order valence-corrected chi connectivity index (χ2v) is 9.03. The Morgan fingerprint density at radius 1 is 1.14 bits per heavy atom. The van der Waals surface area contributed by atoms with Crippen molar-refractivity contribution >= 4 is 23.2 Å². The van der Waals surface area contributed by atoms with Crippen molar-refractivity contribution in [3.63, 3.8) is 0 Å². The third-order valence-corrected chi connectivity index (χ3v) is 6.14. The zero-order chi connectivity index (χ0) is 20.8. The third-order valence-electron chi connectivity index (χ3n) is 4.98. The fourth-order valence-corrected chi connectivity index (χ4v) is 4.64. The molecule has 3 rings (SSSR count). The summed E-state index contributed by atoms with van der Waals surface area (Å²) in [5.74, 6) is 0.619. The molecule has 2 aromatic rings. The maximum absolute atomic E-state index is 12.9. The number of hydrogen-bond donors (Lipinski definition) is 1. The molecule has 0 saturated carbocycles. The lowest BCUT2D eigenvalue weighted by molar-refractivity contribution is -0.122. The maximum atomic E-state index is 12.9. The Hall–Kier alpha value is -2.25. The molecule has 0 aliphatic carbocycles. The summed E-state index contributed by atoms with van der Waals surface area (Å²) in [7, 11) is 0. The molecule has 1 N–H and O–H groups in total. The van der Waals surface area contributed by atoms with Gasteiger partial charge in [0, 0.05) is 39.1 Å². The number of nitrogens with zero attached hydrogens (tertiary/aromatic N) is 3. The first-order valence-electron chi connectivity index (χ1n) is 10.2. The fraction of sp³-hybridized carbons (Fsp3) is 0.500. The summed E-state index contributed by atoms with van der Waals surface area (Å²) in [6.07, 6.45) is 0.907. The van der Waals surface area contributed by atoms with Crippen LogP contribution >= 0.6 is 11.3 Å². The lowest BCUT2D eigenvalue weighted by Crippen LogP contribution is -2.51. The predicted octanol–water partition coefficient (Wildman–Crippen LogP) is 2.72. The fourth-order valence-electron chi connectivity index (χ4n) is 3.40. The molecule has 1 fully saturated rings. The minimum Gasteiger partial charge on any atom is -0.351 e. The van der Waals surface area contributed by atoms with Gasteiger partial charge in [-0.05, 0) is 18.4 Å². The molecule has 0 spiro atoms. The summed E-state index contributed by atoms with van der Waals surface area (Å²) in [5, 5.41) is 4.00. The third kappa shape index (κ3) is 6.11. The highest BCUT2D eigenvalue weighted by Gasteiger charge is 2.26. The van der Waals surface area contributed by atoms with Gasteiger partial charge in [0.05, 0.1) is 17.2 Å². The Morgan fingerprint density at radius 2 is 1.83 bits per heavy atom. The smallest absolute Gasteiger partial charge is 0.265 e. The second-order valence-electron chi connectivity index (χ2n) is 7.95. The van der Waals surface area contributed by atoms with Crippen LogP contribution in [0.15, 0.2) is 30.3 Å². The number of aromatic nitrogens is 1. The number of amides is 2. The Balaban J connectivity index is 1.45. The molecule has 0 atom stereocenters. The average Bonchev–Trinajstić information content (AvgIpc) is 3.06. The van der Waals surface area contributed by atoms with Gasteiger partial charge in [0.2, 0.25) is 5.91 Å². The van der Waals surface area contributed by atoms with Crippen molar-refractivity contribution in [3.05, 3.63) is 51.5 Å². The lowest BCUT2D eigenvalue weighted by atomic mass is 10.1. The van der Waals surface area contributed by atoms with Crippen molar-refractivity contribution in [1.82, 2.24) is 20.1 Å². The molecule has 0 radical (unpaired) electrons. The number of aryl methyl sites for hydroxylation is 1. The van der Waals surface area contributed by atoms with Crippen LogP contribution in [0.5, 0.6) is 0 Å². The number of hydrogen-bond acceptors (Lipinski definition) is 5. The molecular weight excluding hydrogens is 384 g/mol. The van der Waals surface area contributed by atoms with E-state index in [1.165, 1.54) is 11.3 Å². The Bertz CT molecular complexity index is 827. The van der Waals surface area contributed by atoms with Crippen LogP contribution in [0.25, 0.3) is 0 Å². The summed E-state index contributed by atoms with van der Waals surface area (Å²) >= 11 is 1.53. The van der Waals surface area contributed by atoms with Gasteiger partial charge in [0.15, 0.2) is 0 Å². The number of thiazole rings is 1. The van der Waals surface area contributed by atoms with Crippen LogP contribution in [0.1, 0.15) is 39.8 Å². The SMILES string of the molecule is Cc1nc(CC(C)C)sc1C(=O)N1CCN(CC(=O)NCc2ccccc2)CC1. The standard InChI is InChI=1S/C22H30N4O2S/c1-16(2)13-20-24-17(3)21(29-20)22(28)26-11-9-25(10-12-26)15-19(27)23-14-18-7-5-4-6-8-18/h4-8,16H,9-15H2,1-3H3,(H,23,27). The van der Waals surface area contributed by atoms with Gasteiger partial charge in [-0.25, -0.2) is 4.98 Å². The number of nitrogens with one attached hydrogen (secondary N) is 1. The molecule has 1 aliphatic rings. The van der Waals surface area contributed by atoms with E-state index >= 15 is 0 Å². The highest BCUT2D eigenvalue weighted by molar-refractivity contribution is 7.13. The summed E-state index contributed by atoms with van der Waals surface area (Å²) in [4.78, 5) is 34.4. The normalized spacial score (nSPS) is 15.0. The number of carbonyl (C=O) groups is 2. The predicted molar refractivity (Wildman–Crippen MR) is 116 cm³/mol. The number of piperazine rings is 1. The van der Waals surface area contributed by atoms with E-state index in [1.807, 2.05) is 42.2 Å². The molecule has 1 aliphatic heterocycles. The van der Waals surface area contributed by atoms with Gasteiger partial charge in [-0.3, -0.25) is 14.5 Å². The van der Waals surface area contributed by atoms with E-state index in [0.29, 0.717) is 45.2 Å². The zero-order valence-electron chi connectivity index (χ0n) is 17.5. The largest absolute Gasteiger partial charge is 0.351 e. The van der Waals surface area contributed by atoms with Crippen LogP contribution in [0.2, 0.25) is 0 Å². The molecular formula is C22H30N4O2S. The highest BCUT2D eigenvalue weighted by Crippen LogP contribution is 2.23. The van der Waals surface area contributed by atoms with Gasteiger partial charge in [-0.2, -0.15) is 0 Å². The molecule has 1 aromatic heterocycles. The molecule has 0 unspecified atom stereocenters. The molecule has 156 valence electrons. The molecule has 0 bridgehead atoms. The van der Waals surface area contributed by atoms with Crippen molar-refractivity contribution in [2.75, 3.05) is 32.7 Å². The van der Waals surface area contributed by atoms with E-state index in [2.05, 4.69) is 29.0 Å². The van der Waals surface area contributed by atoms with Crippen LogP contribution < -0.4 is 5.32 Å². The van der Waals surface area contributed by atoms with Gasteiger partial charge in [0.25, 0.3) is 5.91 Å². The molecule has 7 heteroatoms. The number of carbonyl (C=O) groups excluding carboxylic acids is 2. The lowest BCUT2D eigenvalue weighted by Gasteiger charge is -2.34. The van der Waals surface area contributed by atoms with Crippen molar-refractivity contribution in [3.8, 4) is 0 Å². The average molecular weight is 415 g/mol. The van der Waals surface area contributed by atoms with Gasteiger partial charge in [-0.1, -0.05) is 44.2 Å². The van der Waals surface area contributed by atoms with Crippen molar-refractivity contribution in [2.24, 2.45) is 5.92 Å². The van der Waals surface area contributed by atoms with E-state index < -0.39 is 0 Å². The van der Waals surface area contributed by atoms with E-state index in [0.717, 1.165) is 27.6 Å². The van der Waals surface area contributed by atoms with Crippen LogP contribution in [-0.4, -0.2) is 59.3 Å². The van der Waals surface area contributed by atoms with E-state index in [9.17, 15) is 9.59 Å². The first-order valence-corrected chi connectivity index (χ1v) is 11.0. The first kappa shape index (κ1) is 21.5. The van der Waals surface area contributed by atoms with Crippen LogP contribution in [0.4, 0.5) is 0 Å². The van der Waals surface area contributed by atoms with E-state index in [1.54, 1.807) is 0 Å². The first-order chi connectivity index (χ1) is 13.9. The summed E-state index contributed by atoms with van der Waals surface area (Å²) < 4.78 is 0. The van der Waals surface area contributed by atoms with Gasteiger partial charge in [0.1, 0.15) is 4.88 Å². The molecule has 2 amide bonds. The monoisotopic (exact) mass is 414 g/mol. The Morgan fingerprint density at radius 3 is 2.48 bits per heavy atom. The number of benzene rings is 1. The zero-order valence-corrected chi connectivity index (χ0v) is 18.3. The Labute approximate surface area is 176 Å². The quantitative estimate of drug-likeness (QED) is 0.757. The Kier molecular flexibility index (Phi) is 7.39. The highest BCUT2D eigenvalue weighted by atomic mass is 32.1. The molecule has 29 heavy (non-hydrogen) atoms. The van der Waals surface area contributed by atoms with Crippen molar-refractivity contribution in [1.29, 1.82) is 0 Å². The van der Waals surface area contributed by atoms with Crippen LogP contribution in [0.3, 0.4) is 0 Å². The minimum absolute atomic E-state index is 0.0188. The second kappa shape index (κ2) is 9.98. The van der Waals surface area contributed by atoms with Crippen LogP contribution in [0, 0.1) is 12.8 Å². The molecule has 1 saturated heterocycles. The van der Waals surface area contributed by atoms with Gasteiger partial charge in [-0.15, -0.1) is 11.3 Å². The van der Waals surface area contributed by atoms with E-state index in [-0.39, 0.29) is 11.8 Å². The van der Waals surface area contributed by atoms with Crippen molar-refractivity contribution < 1.29 is 9.59 Å². The minimum atomic E-state index is 0.0188. The molecule has 6 nitrogen and oxygen atoms in total. The van der Waals surface area contributed by atoms with Gasteiger partial charge >= 0.3 is 0 Å². The molecule has 1 aromatic carbocycles. The number of rotatable bonds is 7. The maximum Gasteiger partial charge on any atom is 0.265 e.